The van der Waals surface area contributed by atoms with E-state index in [0.717, 1.165) is 48.0 Å². The van der Waals surface area contributed by atoms with Crippen molar-refractivity contribution in [3.8, 4) is 0 Å². The minimum absolute atomic E-state index is 0.0363. The van der Waals surface area contributed by atoms with Gasteiger partial charge in [0, 0.05) is 35.8 Å². The summed E-state index contributed by atoms with van der Waals surface area (Å²) in [5, 5.41) is 13.8. The number of anilines is 1. The first-order valence-electron chi connectivity index (χ1n) is 10.6. The van der Waals surface area contributed by atoms with Crippen LogP contribution in [-0.2, 0) is 24.2 Å². The average molecular weight is 434 g/mol. The predicted octanol–water partition coefficient (Wildman–Crippen LogP) is 4.99. The number of aryl methyl sites for hydroxylation is 3. The lowest BCUT2D eigenvalue weighted by molar-refractivity contribution is -0.113. The number of carbonyl (C=O) groups is 1. The fourth-order valence-corrected chi connectivity index (χ4v) is 4.55. The van der Waals surface area contributed by atoms with Crippen LogP contribution in [0.25, 0.3) is 10.9 Å². The average Bonchev–Trinajstić information content (AvgIpc) is 3.38. The summed E-state index contributed by atoms with van der Waals surface area (Å²) < 4.78 is 2.11. The van der Waals surface area contributed by atoms with Crippen molar-refractivity contribution in [2.24, 2.45) is 0 Å². The van der Waals surface area contributed by atoms with E-state index in [0.29, 0.717) is 5.75 Å². The normalized spacial score (nSPS) is 11.2. The first-order valence-corrected chi connectivity index (χ1v) is 11.6. The van der Waals surface area contributed by atoms with Gasteiger partial charge in [-0.1, -0.05) is 48.2 Å². The summed E-state index contributed by atoms with van der Waals surface area (Å²) in [7, 11) is 0. The van der Waals surface area contributed by atoms with E-state index in [-0.39, 0.29) is 5.91 Å². The van der Waals surface area contributed by atoms with E-state index < -0.39 is 0 Å². The summed E-state index contributed by atoms with van der Waals surface area (Å²) in [5.41, 5.74) is 4.41. The van der Waals surface area contributed by atoms with E-state index in [1.807, 2.05) is 37.3 Å². The van der Waals surface area contributed by atoms with E-state index in [4.69, 9.17) is 0 Å². The molecule has 0 saturated heterocycles. The van der Waals surface area contributed by atoms with Crippen LogP contribution in [-0.4, -0.2) is 31.4 Å². The highest BCUT2D eigenvalue weighted by Gasteiger charge is 2.14. The van der Waals surface area contributed by atoms with E-state index in [1.165, 1.54) is 28.2 Å². The van der Waals surface area contributed by atoms with Gasteiger partial charge in [-0.25, -0.2) is 0 Å². The fourth-order valence-electron chi connectivity index (χ4n) is 3.73. The van der Waals surface area contributed by atoms with E-state index in [2.05, 4.69) is 56.4 Å². The zero-order valence-corrected chi connectivity index (χ0v) is 18.7. The zero-order chi connectivity index (χ0) is 21.6. The van der Waals surface area contributed by atoms with Crippen LogP contribution in [0.3, 0.4) is 0 Å². The molecule has 4 aromatic rings. The summed E-state index contributed by atoms with van der Waals surface area (Å²) in [5.74, 6) is 1.25. The van der Waals surface area contributed by atoms with E-state index in [1.54, 1.807) is 0 Å². The second-order valence-electron chi connectivity index (χ2n) is 7.51. The number of nitrogens with zero attached hydrogens (tertiary/aromatic N) is 3. The number of aromatic amines is 1. The molecule has 2 heterocycles. The smallest absolute Gasteiger partial charge is 0.234 e. The van der Waals surface area contributed by atoms with E-state index in [9.17, 15) is 4.79 Å². The van der Waals surface area contributed by atoms with E-state index >= 15 is 0 Å². The highest BCUT2D eigenvalue weighted by Crippen LogP contribution is 2.22. The number of hydrogen-bond acceptors (Lipinski definition) is 4. The van der Waals surface area contributed by atoms with Crippen LogP contribution >= 0.6 is 11.8 Å². The molecule has 0 bridgehead atoms. The molecule has 4 rings (SSSR count). The Morgan fingerprint density at radius 2 is 1.90 bits per heavy atom. The van der Waals surface area contributed by atoms with Gasteiger partial charge in [0.25, 0.3) is 0 Å². The van der Waals surface area contributed by atoms with Gasteiger partial charge in [-0.2, -0.15) is 0 Å². The molecule has 0 unspecified atom stereocenters. The molecule has 0 spiro atoms. The van der Waals surface area contributed by atoms with Gasteiger partial charge in [0.2, 0.25) is 5.91 Å². The first kappa shape index (κ1) is 21.2. The third-order valence-electron chi connectivity index (χ3n) is 5.38. The van der Waals surface area contributed by atoms with Crippen molar-refractivity contribution >= 4 is 34.3 Å². The summed E-state index contributed by atoms with van der Waals surface area (Å²) in [6, 6.07) is 16.2. The van der Waals surface area contributed by atoms with Crippen molar-refractivity contribution in [1.29, 1.82) is 0 Å². The molecule has 31 heavy (non-hydrogen) atoms. The monoisotopic (exact) mass is 433 g/mol. The van der Waals surface area contributed by atoms with Gasteiger partial charge in [-0.05, 0) is 49.9 Å². The summed E-state index contributed by atoms with van der Waals surface area (Å²) in [6.45, 7) is 4.86. The number of H-pyrrole nitrogens is 1. The minimum Gasteiger partial charge on any atom is -0.361 e. The van der Waals surface area contributed by atoms with Gasteiger partial charge in [0.05, 0.1) is 5.75 Å². The SMILES string of the molecule is CCn1c(CCCc2c[nH]c3ccccc23)nnc1SCC(=O)Nc1ccccc1C. The van der Waals surface area contributed by atoms with Crippen LogP contribution < -0.4 is 5.32 Å². The van der Waals surface area contributed by atoms with Crippen molar-refractivity contribution in [3.63, 3.8) is 0 Å². The molecule has 0 atom stereocenters. The largest absolute Gasteiger partial charge is 0.361 e. The number of aromatic nitrogens is 4. The third kappa shape index (κ3) is 4.99. The molecule has 7 heteroatoms. The number of hydrogen-bond donors (Lipinski definition) is 2. The molecular formula is C24H27N5OS. The molecule has 6 nitrogen and oxygen atoms in total. The molecule has 0 aliphatic carbocycles. The second-order valence-corrected chi connectivity index (χ2v) is 8.45. The van der Waals surface area contributed by atoms with Gasteiger partial charge >= 0.3 is 0 Å². The Bertz CT molecular complexity index is 1180. The Kier molecular flexibility index (Phi) is 6.72. The molecule has 0 aliphatic heterocycles. The van der Waals surface area contributed by atoms with Crippen LogP contribution in [0.4, 0.5) is 5.69 Å². The van der Waals surface area contributed by atoms with Crippen LogP contribution in [0.1, 0.15) is 30.3 Å². The summed E-state index contributed by atoms with van der Waals surface area (Å²) in [6.07, 6.45) is 4.94. The number of amides is 1. The van der Waals surface area contributed by atoms with Gasteiger partial charge in [0.1, 0.15) is 5.82 Å². The van der Waals surface area contributed by atoms with Crippen molar-refractivity contribution in [1.82, 2.24) is 19.7 Å². The third-order valence-corrected chi connectivity index (χ3v) is 6.35. The number of rotatable bonds is 9. The highest BCUT2D eigenvalue weighted by atomic mass is 32.2. The maximum atomic E-state index is 12.4. The lowest BCUT2D eigenvalue weighted by Crippen LogP contribution is -2.15. The van der Waals surface area contributed by atoms with Gasteiger partial charge in [-0.3, -0.25) is 4.79 Å². The molecule has 0 radical (unpaired) electrons. The fraction of sp³-hybridized carbons (Fsp3) is 0.292. The molecule has 2 aromatic carbocycles. The van der Waals surface area contributed by atoms with Crippen LogP contribution in [0, 0.1) is 6.92 Å². The number of fused-ring (bicyclic) bond motifs is 1. The Morgan fingerprint density at radius 3 is 2.74 bits per heavy atom. The lowest BCUT2D eigenvalue weighted by atomic mass is 10.1. The topological polar surface area (TPSA) is 75.6 Å². The van der Waals surface area contributed by atoms with Crippen LogP contribution in [0.15, 0.2) is 59.9 Å². The molecule has 1 amide bonds. The van der Waals surface area contributed by atoms with Gasteiger partial charge < -0.3 is 14.9 Å². The van der Waals surface area contributed by atoms with Gasteiger partial charge in [-0.15, -0.1) is 10.2 Å². The lowest BCUT2D eigenvalue weighted by Gasteiger charge is -2.09. The number of carbonyl (C=O) groups excluding carboxylic acids is 1. The number of benzene rings is 2. The van der Waals surface area contributed by atoms with Crippen LogP contribution in [0.2, 0.25) is 0 Å². The summed E-state index contributed by atoms with van der Waals surface area (Å²) in [4.78, 5) is 15.7. The first-order chi connectivity index (χ1) is 15.2. The second kappa shape index (κ2) is 9.83. The zero-order valence-electron chi connectivity index (χ0n) is 17.9. The van der Waals surface area contributed by atoms with Gasteiger partial charge in [0.15, 0.2) is 5.16 Å². The molecule has 2 N–H and O–H groups in total. The Morgan fingerprint density at radius 1 is 1.10 bits per heavy atom. The maximum absolute atomic E-state index is 12.4. The predicted molar refractivity (Wildman–Crippen MR) is 127 cm³/mol. The Hall–Kier alpha value is -3.06. The van der Waals surface area contributed by atoms with Crippen molar-refractivity contribution in [2.75, 3.05) is 11.1 Å². The molecule has 0 fully saturated rings. The minimum atomic E-state index is -0.0363. The van der Waals surface area contributed by atoms with Crippen LogP contribution in [0.5, 0.6) is 0 Å². The molecular weight excluding hydrogens is 406 g/mol. The highest BCUT2D eigenvalue weighted by molar-refractivity contribution is 7.99. The van der Waals surface area contributed by atoms with Crippen molar-refractivity contribution < 1.29 is 4.79 Å². The van der Waals surface area contributed by atoms with Crippen molar-refractivity contribution in [3.05, 3.63) is 71.7 Å². The molecule has 0 saturated carbocycles. The maximum Gasteiger partial charge on any atom is 0.234 e. The van der Waals surface area contributed by atoms with Crippen molar-refractivity contribution in [2.45, 2.75) is 44.8 Å². The molecule has 2 aromatic heterocycles. The quantitative estimate of drug-likeness (QED) is 0.365. The number of nitrogens with one attached hydrogen (secondary N) is 2. The standard InChI is InChI=1S/C24H27N5OS/c1-3-29-22(14-8-10-18-15-25-21-13-7-5-11-19(18)21)27-28-24(29)31-16-23(30)26-20-12-6-4-9-17(20)2/h4-7,9,11-13,15,25H,3,8,10,14,16H2,1-2H3,(H,26,30). The Balaban J connectivity index is 1.33. The Labute approximate surface area is 186 Å². The molecule has 0 aliphatic rings. The molecule has 160 valence electrons. The number of para-hydroxylation sites is 2. The summed E-state index contributed by atoms with van der Waals surface area (Å²) >= 11 is 1.43. The number of thioether (sulfide) groups is 1.